The number of aliphatic hydroxyl groups is 13. The maximum absolute atomic E-state index is 11.6. The smallest absolute Gasteiger partial charge is 0.187 e. The standard InChI is InChI=1S/C30H52O22/c1-6-12(33)16(37)25(26(43)44-6)52-28-20(41)17(38)22(8(3)46-28)49-30-21(42)24(51-27-18(39)14(35)11(32)7(2)45-27)23(9(4)47-30)50-29-19(40)15(36)13(34)10(5-31)48-29/h6-43H,5H2,1-4H3/t6-,7+,8-,9-,10+,11-,12-,13+,14-,15-,16+,17-,18+,19+,20+,21+,22-,23-,24-,25+,26+,27-,28-,29-,30-/m0/s1. The fourth-order valence-electron chi connectivity index (χ4n) is 6.84. The van der Waals surface area contributed by atoms with Gasteiger partial charge in [-0.3, -0.25) is 0 Å². The van der Waals surface area contributed by atoms with Gasteiger partial charge in [-0.25, -0.2) is 0 Å². The van der Waals surface area contributed by atoms with Crippen molar-refractivity contribution >= 4 is 0 Å². The first-order valence-corrected chi connectivity index (χ1v) is 17.0. The van der Waals surface area contributed by atoms with Gasteiger partial charge >= 0.3 is 0 Å². The second kappa shape index (κ2) is 17.1. The van der Waals surface area contributed by atoms with Crippen LogP contribution in [0.25, 0.3) is 0 Å². The van der Waals surface area contributed by atoms with E-state index in [4.69, 9.17) is 42.6 Å². The summed E-state index contributed by atoms with van der Waals surface area (Å²) < 4.78 is 50.9. The van der Waals surface area contributed by atoms with Gasteiger partial charge in [0.2, 0.25) is 0 Å². The highest BCUT2D eigenvalue weighted by Gasteiger charge is 2.56. The number of hydrogen-bond donors (Lipinski definition) is 13. The van der Waals surface area contributed by atoms with Gasteiger partial charge in [-0.05, 0) is 27.7 Å². The van der Waals surface area contributed by atoms with Crippen LogP contribution in [0.3, 0.4) is 0 Å². The summed E-state index contributed by atoms with van der Waals surface area (Å²) >= 11 is 0. The van der Waals surface area contributed by atoms with Crippen molar-refractivity contribution in [2.24, 2.45) is 0 Å². The van der Waals surface area contributed by atoms with E-state index in [0.717, 1.165) is 0 Å². The predicted octanol–water partition coefficient (Wildman–Crippen LogP) is -7.81. The van der Waals surface area contributed by atoms with Crippen molar-refractivity contribution in [3.05, 3.63) is 0 Å². The lowest BCUT2D eigenvalue weighted by molar-refractivity contribution is -0.398. The average Bonchev–Trinajstić information content (AvgIpc) is 3.10. The monoisotopic (exact) mass is 764 g/mol. The summed E-state index contributed by atoms with van der Waals surface area (Å²) in [5.41, 5.74) is 0. The highest BCUT2D eigenvalue weighted by atomic mass is 16.8. The van der Waals surface area contributed by atoms with Crippen LogP contribution in [-0.2, 0) is 42.6 Å². The molecule has 0 aromatic heterocycles. The second-order valence-electron chi connectivity index (χ2n) is 13.9. The molecule has 0 aliphatic carbocycles. The minimum Gasteiger partial charge on any atom is -0.394 e. The van der Waals surface area contributed by atoms with Crippen LogP contribution in [0, 0.1) is 0 Å². The highest BCUT2D eigenvalue weighted by molar-refractivity contribution is 4.98. The van der Waals surface area contributed by atoms with E-state index in [1.165, 1.54) is 27.7 Å². The minimum atomic E-state index is -1.93. The van der Waals surface area contributed by atoms with Gasteiger partial charge in [-0.1, -0.05) is 0 Å². The molecule has 5 fully saturated rings. The molecule has 5 aliphatic heterocycles. The zero-order valence-corrected chi connectivity index (χ0v) is 28.6. The highest BCUT2D eigenvalue weighted by Crippen LogP contribution is 2.36. The maximum atomic E-state index is 11.6. The SMILES string of the molecule is C[C@@H]1O[C@@H](O)[C@H](O[C@@H]2O[C@@H](C)[C@H](O[C@@H]3O[C@@H](C)[C@H](O[C@@H]4O[C@H](CO)[C@@H](O)[C@H](O)[C@H]4O)[C@@H](O[C@@H]4O[C@H](C)[C@H](O)[C@H](O)[C@H]4O)[C@H]3O)[C@@H](O)[C@H]2O)[C@H](O)[C@H]1O. The molecule has 0 radical (unpaired) electrons. The van der Waals surface area contributed by atoms with Gasteiger partial charge in [0.25, 0.3) is 0 Å². The van der Waals surface area contributed by atoms with Crippen LogP contribution >= 0.6 is 0 Å². The Hall–Kier alpha value is -0.880. The Balaban J connectivity index is 1.33. The van der Waals surface area contributed by atoms with Gasteiger partial charge in [-0.2, -0.15) is 0 Å². The molecule has 0 bridgehead atoms. The van der Waals surface area contributed by atoms with E-state index in [2.05, 4.69) is 0 Å². The number of hydrogen-bond acceptors (Lipinski definition) is 22. The quantitative estimate of drug-likeness (QED) is 0.104. The third-order valence-electron chi connectivity index (χ3n) is 10.2. The Morgan fingerprint density at radius 1 is 0.346 bits per heavy atom. The third-order valence-corrected chi connectivity index (χ3v) is 10.2. The van der Waals surface area contributed by atoms with E-state index in [1.54, 1.807) is 0 Å². The van der Waals surface area contributed by atoms with Crippen LogP contribution in [0.5, 0.6) is 0 Å². The minimum absolute atomic E-state index is 0.779. The number of ether oxygens (including phenoxy) is 9. The first kappa shape index (κ1) is 42.3. The Bertz CT molecular complexity index is 1140. The van der Waals surface area contributed by atoms with Crippen LogP contribution in [0.4, 0.5) is 0 Å². The molecule has 0 aromatic carbocycles. The summed E-state index contributed by atoms with van der Waals surface area (Å²) in [5, 5.41) is 136. The molecular formula is C30H52O22. The van der Waals surface area contributed by atoms with Crippen molar-refractivity contribution in [2.75, 3.05) is 6.61 Å². The molecule has 0 amide bonds. The fraction of sp³-hybridized carbons (Fsp3) is 1.00. The Morgan fingerprint density at radius 2 is 0.731 bits per heavy atom. The van der Waals surface area contributed by atoms with E-state index in [0.29, 0.717) is 0 Å². The van der Waals surface area contributed by atoms with Crippen LogP contribution in [0.15, 0.2) is 0 Å². The van der Waals surface area contributed by atoms with Gasteiger partial charge in [-0.15, -0.1) is 0 Å². The predicted molar refractivity (Wildman–Crippen MR) is 161 cm³/mol. The lowest BCUT2D eigenvalue weighted by atomic mass is 9.95. The Kier molecular flexibility index (Phi) is 13.9. The second-order valence-corrected chi connectivity index (χ2v) is 13.9. The van der Waals surface area contributed by atoms with Gasteiger partial charge in [0.1, 0.15) is 97.7 Å². The summed E-state index contributed by atoms with van der Waals surface area (Å²) in [6, 6.07) is 0. The first-order chi connectivity index (χ1) is 24.4. The lowest BCUT2D eigenvalue weighted by Crippen LogP contribution is -2.67. The van der Waals surface area contributed by atoms with Gasteiger partial charge in [0.05, 0.1) is 31.0 Å². The van der Waals surface area contributed by atoms with Crippen LogP contribution in [-0.4, -0.2) is 227 Å². The molecule has 5 rings (SSSR count). The van der Waals surface area contributed by atoms with E-state index < -0.39 is 160 Å². The number of aliphatic hydroxyl groups excluding tert-OH is 13. The van der Waals surface area contributed by atoms with Gasteiger partial charge < -0.3 is 109 Å². The maximum Gasteiger partial charge on any atom is 0.187 e. The van der Waals surface area contributed by atoms with E-state index in [1.807, 2.05) is 0 Å². The Morgan fingerprint density at radius 3 is 1.33 bits per heavy atom. The van der Waals surface area contributed by atoms with Crippen LogP contribution in [0.1, 0.15) is 27.7 Å². The molecule has 0 spiro atoms. The van der Waals surface area contributed by atoms with Crippen molar-refractivity contribution in [2.45, 2.75) is 181 Å². The normalized spacial score (nSPS) is 56.4. The topological polar surface area (TPSA) is 346 Å². The molecule has 304 valence electrons. The van der Waals surface area contributed by atoms with Crippen molar-refractivity contribution < 1.29 is 109 Å². The molecule has 5 saturated heterocycles. The summed E-state index contributed by atoms with van der Waals surface area (Å²) in [5.74, 6) is 0. The molecule has 5 aliphatic rings. The molecule has 52 heavy (non-hydrogen) atoms. The zero-order valence-electron chi connectivity index (χ0n) is 28.6. The Labute approximate surface area is 297 Å². The van der Waals surface area contributed by atoms with Crippen molar-refractivity contribution in [3.8, 4) is 0 Å². The third kappa shape index (κ3) is 8.29. The van der Waals surface area contributed by atoms with Crippen molar-refractivity contribution in [3.63, 3.8) is 0 Å². The first-order valence-electron chi connectivity index (χ1n) is 17.0. The zero-order chi connectivity index (χ0) is 38.5. The summed E-state index contributed by atoms with van der Waals surface area (Å²) in [4.78, 5) is 0. The molecular weight excluding hydrogens is 712 g/mol. The summed E-state index contributed by atoms with van der Waals surface area (Å²) in [6.07, 6.45) is -39.9. The average molecular weight is 765 g/mol. The van der Waals surface area contributed by atoms with Gasteiger partial charge in [0, 0.05) is 0 Å². The molecule has 0 aromatic rings. The lowest BCUT2D eigenvalue weighted by Gasteiger charge is -2.50. The van der Waals surface area contributed by atoms with Gasteiger partial charge in [0.15, 0.2) is 31.5 Å². The molecule has 22 heteroatoms. The van der Waals surface area contributed by atoms with E-state index >= 15 is 0 Å². The molecule has 13 N–H and O–H groups in total. The molecule has 5 heterocycles. The van der Waals surface area contributed by atoms with Crippen molar-refractivity contribution in [1.82, 2.24) is 0 Å². The fourth-order valence-corrected chi connectivity index (χ4v) is 6.84. The molecule has 0 saturated carbocycles. The van der Waals surface area contributed by atoms with Crippen molar-refractivity contribution in [1.29, 1.82) is 0 Å². The van der Waals surface area contributed by atoms with Crippen LogP contribution in [0.2, 0.25) is 0 Å². The largest absolute Gasteiger partial charge is 0.394 e. The number of rotatable bonds is 9. The van der Waals surface area contributed by atoms with Crippen LogP contribution < -0.4 is 0 Å². The van der Waals surface area contributed by atoms with E-state index in [9.17, 15) is 66.4 Å². The van der Waals surface area contributed by atoms with E-state index in [-0.39, 0.29) is 0 Å². The summed E-state index contributed by atoms with van der Waals surface area (Å²) in [6.45, 7) is 4.81. The molecule has 0 unspecified atom stereocenters. The summed E-state index contributed by atoms with van der Waals surface area (Å²) in [7, 11) is 0. The molecule has 22 nitrogen and oxygen atoms in total. The molecule has 25 atom stereocenters.